The molecule has 0 fully saturated rings. The molecule has 0 unspecified atom stereocenters. The Labute approximate surface area is 125 Å². The molecule has 2 rings (SSSR count). The number of nitrogens with zero attached hydrogens (tertiary/aromatic N) is 4. The molecule has 1 atom stereocenters. The van der Waals surface area contributed by atoms with E-state index < -0.39 is 18.0 Å². The molecule has 0 radical (unpaired) electrons. The van der Waals surface area contributed by atoms with E-state index in [9.17, 15) is 18.3 Å². The first-order chi connectivity index (χ1) is 10.3. The fourth-order valence-corrected chi connectivity index (χ4v) is 1.89. The lowest BCUT2D eigenvalue weighted by Gasteiger charge is -2.21. The number of halogens is 3. The van der Waals surface area contributed by atoms with Crippen molar-refractivity contribution < 1.29 is 18.3 Å². The van der Waals surface area contributed by atoms with Crippen LogP contribution in [-0.2, 0) is 6.18 Å². The SMILES string of the molecule is C[C@@H](O)CN(C)c1cc(C(F)(F)F)nc(-c2cccnc2)n1. The number of anilines is 1. The number of rotatable bonds is 4. The highest BCUT2D eigenvalue weighted by Crippen LogP contribution is 2.31. The predicted molar refractivity (Wildman–Crippen MR) is 75.2 cm³/mol. The second-order valence-electron chi connectivity index (χ2n) is 4.90. The molecular weight excluding hydrogens is 297 g/mol. The molecule has 0 aromatic carbocycles. The topological polar surface area (TPSA) is 62.1 Å². The fourth-order valence-electron chi connectivity index (χ4n) is 1.89. The summed E-state index contributed by atoms with van der Waals surface area (Å²) in [7, 11) is 1.56. The number of aromatic nitrogens is 3. The highest BCUT2D eigenvalue weighted by atomic mass is 19.4. The molecule has 0 saturated heterocycles. The smallest absolute Gasteiger partial charge is 0.392 e. The molecule has 2 aromatic heterocycles. The van der Waals surface area contributed by atoms with E-state index in [1.165, 1.54) is 17.3 Å². The maximum atomic E-state index is 13.0. The first-order valence-electron chi connectivity index (χ1n) is 6.53. The van der Waals surface area contributed by atoms with Crippen molar-refractivity contribution in [2.45, 2.75) is 19.2 Å². The second-order valence-corrected chi connectivity index (χ2v) is 4.90. The molecule has 0 aliphatic carbocycles. The van der Waals surface area contributed by atoms with E-state index in [2.05, 4.69) is 15.0 Å². The summed E-state index contributed by atoms with van der Waals surface area (Å²) in [5, 5.41) is 9.38. The Kier molecular flexibility index (Phi) is 4.60. The van der Waals surface area contributed by atoms with Crippen LogP contribution < -0.4 is 4.90 Å². The van der Waals surface area contributed by atoms with Crippen LogP contribution in [0.3, 0.4) is 0 Å². The van der Waals surface area contributed by atoms with Crippen molar-refractivity contribution in [1.29, 1.82) is 0 Å². The minimum absolute atomic E-state index is 0.0598. The quantitative estimate of drug-likeness (QED) is 0.939. The normalized spacial score (nSPS) is 13.0. The number of alkyl halides is 3. The van der Waals surface area contributed by atoms with Crippen molar-refractivity contribution in [2.75, 3.05) is 18.5 Å². The van der Waals surface area contributed by atoms with E-state index in [1.54, 1.807) is 26.1 Å². The summed E-state index contributed by atoms with van der Waals surface area (Å²) >= 11 is 0. The Balaban J connectivity index is 2.50. The van der Waals surface area contributed by atoms with Crippen LogP contribution >= 0.6 is 0 Å². The van der Waals surface area contributed by atoms with Crippen molar-refractivity contribution in [3.05, 3.63) is 36.3 Å². The highest BCUT2D eigenvalue weighted by Gasteiger charge is 2.34. The van der Waals surface area contributed by atoms with E-state index in [0.29, 0.717) is 5.56 Å². The summed E-state index contributed by atoms with van der Waals surface area (Å²) in [6.45, 7) is 1.70. The van der Waals surface area contributed by atoms with Gasteiger partial charge in [-0.2, -0.15) is 13.2 Å². The van der Waals surface area contributed by atoms with Crippen LogP contribution in [0, 0.1) is 0 Å². The molecule has 2 aromatic rings. The van der Waals surface area contributed by atoms with Gasteiger partial charge in [-0.3, -0.25) is 4.98 Å². The Hall–Kier alpha value is -2.22. The van der Waals surface area contributed by atoms with E-state index >= 15 is 0 Å². The fraction of sp³-hybridized carbons (Fsp3) is 0.357. The van der Waals surface area contributed by atoms with Gasteiger partial charge in [0.25, 0.3) is 0 Å². The molecule has 1 N–H and O–H groups in total. The molecule has 0 saturated carbocycles. The zero-order valence-corrected chi connectivity index (χ0v) is 12.0. The van der Waals surface area contributed by atoms with Gasteiger partial charge in [-0.1, -0.05) is 0 Å². The molecule has 5 nitrogen and oxygen atoms in total. The third-order valence-electron chi connectivity index (χ3n) is 2.85. The first-order valence-corrected chi connectivity index (χ1v) is 6.53. The van der Waals surface area contributed by atoms with Crippen molar-refractivity contribution in [2.24, 2.45) is 0 Å². The number of aliphatic hydroxyl groups excluding tert-OH is 1. The predicted octanol–water partition coefficient (Wildman–Crippen LogP) is 2.37. The van der Waals surface area contributed by atoms with Gasteiger partial charge in [0.05, 0.1) is 6.10 Å². The number of hydrogen-bond donors (Lipinski definition) is 1. The summed E-state index contributed by atoms with van der Waals surface area (Å²) in [5.41, 5.74) is -0.644. The summed E-state index contributed by atoms with van der Waals surface area (Å²) < 4.78 is 39.0. The van der Waals surface area contributed by atoms with Crippen molar-refractivity contribution in [3.63, 3.8) is 0 Å². The molecule has 22 heavy (non-hydrogen) atoms. The monoisotopic (exact) mass is 312 g/mol. The average Bonchev–Trinajstić information content (AvgIpc) is 2.46. The van der Waals surface area contributed by atoms with Gasteiger partial charge in [0.15, 0.2) is 11.5 Å². The zero-order valence-electron chi connectivity index (χ0n) is 12.0. The lowest BCUT2D eigenvalue weighted by molar-refractivity contribution is -0.141. The Morgan fingerprint density at radius 1 is 1.32 bits per heavy atom. The van der Waals surface area contributed by atoms with E-state index in [0.717, 1.165) is 6.07 Å². The molecule has 0 bridgehead atoms. The molecule has 0 aliphatic heterocycles. The molecule has 118 valence electrons. The number of hydrogen-bond acceptors (Lipinski definition) is 5. The maximum absolute atomic E-state index is 13.0. The van der Waals surface area contributed by atoms with E-state index in [1.807, 2.05) is 0 Å². The van der Waals surface area contributed by atoms with Gasteiger partial charge in [-0.15, -0.1) is 0 Å². The van der Waals surface area contributed by atoms with Crippen molar-refractivity contribution >= 4 is 5.82 Å². The molecule has 2 heterocycles. The third-order valence-corrected chi connectivity index (χ3v) is 2.85. The van der Waals surface area contributed by atoms with Crippen LogP contribution in [0.1, 0.15) is 12.6 Å². The van der Waals surface area contributed by atoms with Crippen LogP contribution in [-0.4, -0.2) is 39.8 Å². The summed E-state index contributed by atoms with van der Waals surface area (Å²) in [5.74, 6) is 0.0254. The Morgan fingerprint density at radius 3 is 2.59 bits per heavy atom. The molecule has 8 heteroatoms. The molecule has 0 aliphatic rings. The van der Waals surface area contributed by atoms with Gasteiger partial charge in [0.1, 0.15) is 5.82 Å². The standard InChI is InChI=1S/C14H15F3N4O/c1-9(22)8-21(2)12-6-11(14(15,16)17)19-13(20-12)10-4-3-5-18-7-10/h3-7,9,22H,8H2,1-2H3/t9-/m1/s1. The third kappa shape index (κ3) is 3.91. The van der Waals surface area contributed by atoms with E-state index in [4.69, 9.17) is 0 Å². The Bertz CT molecular complexity index is 632. The summed E-state index contributed by atoms with van der Waals surface area (Å²) in [6, 6.07) is 4.04. The number of aliphatic hydroxyl groups is 1. The molecule has 0 amide bonds. The maximum Gasteiger partial charge on any atom is 0.433 e. The lowest BCUT2D eigenvalue weighted by atomic mass is 10.2. The summed E-state index contributed by atoms with van der Waals surface area (Å²) in [6.07, 6.45) is -2.37. The van der Waals surface area contributed by atoms with Crippen LogP contribution in [0.4, 0.5) is 19.0 Å². The van der Waals surface area contributed by atoms with Gasteiger partial charge in [0.2, 0.25) is 0 Å². The first kappa shape index (κ1) is 16.2. The van der Waals surface area contributed by atoms with Gasteiger partial charge in [-0.25, -0.2) is 9.97 Å². The van der Waals surface area contributed by atoms with Crippen molar-refractivity contribution in [1.82, 2.24) is 15.0 Å². The lowest BCUT2D eigenvalue weighted by Crippen LogP contribution is -2.28. The zero-order chi connectivity index (χ0) is 16.3. The van der Waals surface area contributed by atoms with Gasteiger partial charge in [-0.05, 0) is 19.1 Å². The number of pyridine rings is 1. The molecular formula is C14H15F3N4O. The molecule has 0 spiro atoms. The van der Waals surface area contributed by atoms with Crippen LogP contribution in [0.2, 0.25) is 0 Å². The van der Waals surface area contributed by atoms with Gasteiger partial charge >= 0.3 is 6.18 Å². The second kappa shape index (κ2) is 6.27. The minimum Gasteiger partial charge on any atom is -0.392 e. The van der Waals surface area contributed by atoms with Crippen LogP contribution in [0.5, 0.6) is 0 Å². The Morgan fingerprint density at radius 2 is 2.05 bits per heavy atom. The van der Waals surface area contributed by atoms with Crippen LogP contribution in [0.25, 0.3) is 11.4 Å². The largest absolute Gasteiger partial charge is 0.433 e. The van der Waals surface area contributed by atoms with Gasteiger partial charge < -0.3 is 10.0 Å². The number of likely N-dealkylation sites (N-methyl/N-ethyl adjacent to an activating group) is 1. The summed E-state index contributed by atoms with van der Waals surface area (Å²) in [4.78, 5) is 13.0. The van der Waals surface area contributed by atoms with E-state index in [-0.39, 0.29) is 18.2 Å². The minimum atomic E-state index is -4.58. The van der Waals surface area contributed by atoms with Gasteiger partial charge in [0, 0.05) is 37.6 Å². The van der Waals surface area contributed by atoms with Crippen LogP contribution in [0.15, 0.2) is 30.6 Å². The highest BCUT2D eigenvalue weighted by molar-refractivity contribution is 5.57. The average molecular weight is 312 g/mol. The van der Waals surface area contributed by atoms with Crippen molar-refractivity contribution in [3.8, 4) is 11.4 Å².